The molecular weight excluding hydrogens is 497 g/mol. The fourth-order valence-electron chi connectivity index (χ4n) is 3.89. The van der Waals surface area contributed by atoms with E-state index in [1.807, 2.05) is 55.5 Å². The molecular formula is C30H27F2N2NaO3. The number of anilines is 1. The number of unbranched alkanes of at least 4 members (excludes halogenated alkanes) is 1. The molecule has 4 rings (SSSR count). The number of hydrogen-bond donors (Lipinski definition) is 1. The van der Waals surface area contributed by atoms with Crippen molar-refractivity contribution in [1.29, 1.82) is 0 Å². The van der Waals surface area contributed by atoms with Crippen LogP contribution in [0.2, 0.25) is 0 Å². The van der Waals surface area contributed by atoms with Crippen molar-refractivity contribution in [3.05, 3.63) is 101 Å². The predicted octanol–water partition coefficient (Wildman–Crippen LogP) is 2.99. The summed E-state index contributed by atoms with van der Waals surface area (Å²) in [6, 6.07) is 20.7. The average molecular weight is 525 g/mol. The summed E-state index contributed by atoms with van der Waals surface area (Å²) in [6.07, 6.45) is 4.70. The number of carbonyl (C=O) groups is 1. The molecule has 1 atom stereocenters. The van der Waals surface area contributed by atoms with Crippen molar-refractivity contribution in [2.24, 2.45) is 0 Å². The van der Waals surface area contributed by atoms with Crippen LogP contribution < -0.4 is 44.7 Å². The molecule has 1 N–H and O–H groups in total. The number of fused-ring (bicyclic) bond motifs is 1. The van der Waals surface area contributed by atoms with Crippen molar-refractivity contribution in [2.75, 3.05) is 5.32 Å². The van der Waals surface area contributed by atoms with E-state index in [4.69, 9.17) is 4.74 Å². The maximum absolute atomic E-state index is 13.6. The molecule has 0 aliphatic rings. The van der Waals surface area contributed by atoms with E-state index in [0.29, 0.717) is 35.3 Å². The number of nitrogens with zero attached hydrogens (tertiary/aromatic N) is 1. The number of halogens is 2. The van der Waals surface area contributed by atoms with E-state index >= 15 is 0 Å². The Morgan fingerprint density at radius 1 is 1.03 bits per heavy atom. The monoisotopic (exact) mass is 524 g/mol. The zero-order valence-corrected chi connectivity index (χ0v) is 23.4. The van der Waals surface area contributed by atoms with Crippen LogP contribution in [0, 0.1) is 11.6 Å². The summed E-state index contributed by atoms with van der Waals surface area (Å²) in [4.78, 5) is 15.9. The van der Waals surface area contributed by atoms with Gasteiger partial charge in [-0.1, -0.05) is 55.8 Å². The van der Waals surface area contributed by atoms with Crippen molar-refractivity contribution < 1.29 is 53.0 Å². The van der Waals surface area contributed by atoms with Gasteiger partial charge >= 0.3 is 29.6 Å². The first-order chi connectivity index (χ1) is 17.9. The van der Waals surface area contributed by atoms with Gasteiger partial charge in [0.15, 0.2) is 11.6 Å². The Morgan fingerprint density at radius 3 is 2.61 bits per heavy atom. The maximum Gasteiger partial charge on any atom is 1.00 e. The van der Waals surface area contributed by atoms with E-state index in [-0.39, 0.29) is 29.6 Å². The molecule has 0 radical (unpaired) electrons. The number of carbonyl (C=O) groups excluding carboxylic acids is 1. The van der Waals surface area contributed by atoms with Gasteiger partial charge in [0.25, 0.3) is 0 Å². The zero-order chi connectivity index (χ0) is 26.2. The van der Waals surface area contributed by atoms with Crippen LogP contribution in [-0.4, -0.2) is 17.1 Å². The van der Waals surface area contributed by atoms with E-state index in [0.717, 1.165) is 41.8 Å². The number of aromatic nitrogens is 1. The molecule has 0 amide bonds. The fourth-order valence-corrected chi connectivity index (χ4v) is 3.89. The number of carboxylic acids is 1. The summed E-state index contributed by atoms with van der Waals surface area (Å²) < 4.78 is 32.8. The number of benzene rings is 3. The molecule has 5 nitrogen and oxygen atoms in total. The summed E-state index contributed by atoms with van der Waals surface area (Å²) in [5.41, 5.74) is 3.61. The first-order valence-electron chi connectivity index (χ1n) is 12.2. The van der Waals surface area contributed by atoms with E-state index in [1.54, 1.807) is 24.3 Å². The number of para-hydroxylation sites is 1. The summed E-state index contributed by atoms with van der Waals surface area (Å²) in [5, 5.41) is 15.4. The van der Waals surface area contributed by atoms with Crippen LogP contribution in [0.15, 0.2) is 72.8 Å². The minimum atomic E-state index is -1.21. The number of hydrogen-bond acceptors (Lipinski definition) is 5. The number of rotatable bonds is 11. The minimum Gasteiger partial charge on any atom is -0.546 e. The van der Waals surface area contributed by atoms with Gasteiger partial charge in [0.05, 0.1) is 17.2 Å². The Morgan fingerprint density at radius 2 is 1.82 bits per heavy atom. The van der Waals surface area contributed by atoms with E-state index in [2.05, 4.69) is 10.3 Å². The molecule has 1 unspecified atom stereocenters. The van der Waals surface area contributed by atoms with Crippen LogP contribution in [0.3, 0.4) is 0 Å². The standard InChI is InChI=1S/C30H28F2N2O3.Na/c1-2-3-10-29(30(35)36)37-28-11-5-4-8-22(28)19-33-24-9-6-7-20(16-24)12-14-23-15-13-21-17-25(31)26(32)18-27(21)34-23;/h4-9,11-18,29,33H,2-3,10,19H2,1H3,(H,35,36);/q;+1/p-1/b14-12+;. The smallest absolute Gasteiger partial charge is 0.546 e. The van der Waals surface area contributed by atoms with Gasteiger partial charge in [-0.05, 0) is 54.8 Å². The summed E-state index contributed by atoms with van der Waals surface area (Å²) in [6.45, 7) is 2.43. The van der Waals surface area contributed by atoms with E-state index in [9.17, 15) is 18.7 Å². The second-order valence-electron chi connectivity index (χ2n) is 8.68. The molecule has 0 aliphatic heterocycles. The third-order valence-corrected chi connectivity index (χ3v) is 5.89. The molecule has 8 heteroatoms. The SMILES string of the molecule is CCCCC(Oc1ccccc1CNc1cccc(/C=C/c2ccc3cc(F)c(F)cc3n2)c1)C(=O)[O-].[Na+]. The molecule has 0 bridgehead atoms. The zero-order valence-electron chi connectivity index (χ0n) is 21.4. The first kappa shape index (κ1) is 29.3. The molecule has 1 aromatic heterocycles. The van der Waals surface area contributed by atoms with Crippen molar-refractivity contribution in [1.82, 2.24) is 4.98 Å². The second kappa shape index (κ2) is 14.0. The van der Waals surface area contributed by atoms with Gasteiger partial charge < -0.3 is 20.0 Å². The van der Waals surface area contributed by atoms with Crippen LogP contribution in [0.1, 0.15) is 43.0 Å². The number of aliphatic carboxylic acids is 1. The van der Waals surface area contributed by atoms with Crippen LogP contribution in [0.4, 0.5) is 14.5 Å². The molecule has 0 saturated carbocycles. The molecule has 0 aliphatic carbocycles. The van der Waals surface area contributed by atoms with Gasteiger partial charge in [-0.25, -0.2) is 13.8 Å². The molecule has 1 heterocycles. The van der Waals surface area contributed by atoms with E-state index < -0.39 is 23.7 Å². The molecule has 4 aromatic rings. The second-order valence-corrected chi connectivity index (χ2v) is 8.68. The predicted molar refractivity (Wildman–Crippen MR) is 140 cm³/mol. The minimum absolute atomic E-state index is 0. The number of pyridine rings is 1. The van der Waals surface area contributed by atoms with Crippen LogP contribution in [0.5, 0.6) is 5.75 Å². The fraction of sp³-hybridized carbons (Fsp3) is 0.200. The summed E-state index contributed by atoms with van der Waals surface area (Å²) in [7, 11) is 0. The van der Waals surface area contributed by atoms with Gasteiger partial charge in [0, 0.05) is 29.2 Å². The van der Waals surface area contributed by atoms with Crippen LogP contribution in [-0.2, 0) is 11.3 Å². The van der Waals surface area contributed by atoms with Crippen LogP contribution in [0.25, 0.3) is 23.1 Å². The molecule has 0 spiro atoms. The number of ether oxygens (including phenoxy) is 1. The van der Waals surface area contributed by atoms with Gasteiger partial charge in [-0.3, -0.25) is 0 Å². The first-order valence-corrected chi connectivity index (χ1v) is 12.2. The van der Waals surface area contributed by atoms with Crippen molar-refractivity contribution in [2.45, 2.75) is 38.8 Å². The molecule has 3 aromatic carbocycles. The van der Waals surface area contributed by atoms with Gasteiger partial charge in [-0.2, -0.15) is 0 Å². The largest absolute Gasteiger partial charge is 1.00 e. The van der Waals surface area contributed by atoms with Crippen LogP contribution >= 0.6 is 0 Å². The van der Waals surface area contributed by atoms with E-state index in [1.165, 1.54) is 0 Å². The third kappa shape index (κ3) is 7.87. The Bertz CT molecular complexity index is 1430. The van der Waals surface area contributed by atoms with Gasteiger partial charge in [0.1, 0.15) is 11.9 Å². The Kier molecular flexibility index (Phi) is 10.8. The topological polar surface area (TPSA) is 74.3 Å². The normalized spacial score (nSPS) is 11.8. The maximum atomic E-state index is 13.6. The van der Waals surface area contributed by atoms with Gasteiger partial charge in [-0.15, -0.1) is 0 Å². The Labute approximate surface area is 242 Å². The quantitative estimate of drug-likeness (QED) is 0.306. The Hall–Kier alpha value is -3.26. The number of carboxylic acid groups (broad SMARTS) is 1. The Balaban J connectivity index is 0.00000400. The van der Waals surface area contributed by atoms with Crippen molar-refractivity contribution >= 4 is 34.7 Å². The molecule has 0 fully saturated rings. The molecule has 0 saturated heterocycles. The van der Waals surface area contributed by atoms with Gasteiger partial charge in [0.2, 0.25) is 0 Å². The molecule has 190 valence electrons. The van der Waals surface area contributed by atoms with Crippen molar-refractivity contribution in [3.63, 3.8) is 0 Å². The molecule has 38 heavy (non-hydrogen) atoms. The number of nitrogens with one attached hydrogen (secondary N) is 1. The summed E-state index contributed by atoms with van der Waals surface area (Å²) >= 11 is 0. The average Bonchev–Trinajstić information content (AvgIpc) is 2.90. The third-order valence-electron chi connectivity index (χ3n) is 5.89. The van der Waals surface area contributed by atoms with Crippen molar-refractivity contribution in [3.8, 4) is 5.75 Å². The summed E-state index contributed by atoms with van der Waals surface area (Å²) in [5.74, 6) is -2.53.